The first-order valence-electron chi connectivity index (χ1n) is 7.99. The summed E-state index contributed by atoms with van der Waals surface area (Å²) in [4.78, 5) is 11.3. The third kappa shape index (κ3) is 5.64. The first-order chi connectivity index (χ1) is 13.5. The van der Waals surface area contributed by atoms with Crippen LogP contribution in [-0.2, 0) is 10.0 Å². The Bertz CT molecular complexity index is 996. The maximum Gasteiger partial charge on any atom is 0.405 e. The van der Waals surface area contributed by atoms with E-state index in [9.17, 15) is 35.2 Å². The molecule has 0 aliphatic carbocycles. The van der Waals surface area contributed by atoms with Crippen LogP contribution < -0.4 is 9.62 Å². The molecule has 0 atom stereocenters. The first kappa shape index (κ1) is 22.6. The summed E-state index contributed by atoms with van der Waals surface area (Å²) in [5, 5.41) is 10.8. The van der Waals surface area contributed by atoms with Gasteiger partial charge in [-0.05, 0) is 30.3 Å². The second kappa shape index (κ2) is 8.74. The fraction of sp³-hybridized carbons (Fsp3) is 0.235. The topological polar surface area (TPSA) is 86.7 Å². The van der Waals surface area contributed by atoms with Crippen molar-refractivity contribution in [1.29, 1.82) is 0 Å². The van der Waals surface area contributed by atoms with Gasteiger partial charge < -0.3 is 10.4 Å². The van der Waals surface area contributed by atoms with E-state index in [4.69, 9.17) is 5.11 Å². The third-order valence-electron chi connectivity index (χ3n) is 3.62. The molecule has 0 aliphatic heterocycles. The number of aliphatic hydroxyl groups is 1. The van der Waals surface area contributed by atoms with Crippen molar-refractivity contribution in [2.45, 2.75) is 11.1 Å². The molecule has 0 saturated heterocycles. The summed E-state index contributed by atoms with van der Waals surface area (Å²) in [6.07, 6.45) is -4.66. The van der Waals surface area contributed by atoms with Gasteiger partial charge in [0.05, 0.1) is 23.7 Å². The van der Waals surface area contributed by atoms with E-state index in [-0.39, 0.29) is 5.56 Å². The number of nitrogens with one attached hydrogen (secondary N) is 1. The number of carbonyl (C=O) groups excluding carboxylic acids is 1. The van der Waals surface area contributed by atoms with E-state index in [0.717, 1.165) is 36.4 Å². The molecular weight excluding hydrogens is 423 g/mol. The molecule has 2 aromatic rings. The van der Waals surface area contributed by atoms with Crippen molar-refractivity contribution in [3.05, 3.63) is 59.7 Å². The monoisotopic (exact) mass is 438 g/mol. The number of hydrogen-bond donors (Lipinski definition) is 2. The van der Waals surface area contributed by atoms with Crippen LogP contribution in [0.5, 0.6) is 0 Å². The molecule has 0 spiro atoms. The molecule has 6 nitrogen and oxygen atoms in total. The van der Waals surface area contributed by atoms with Gasteiger partial charge in [0, 0.05) is 11.6 Å². The highest BCUT2D eigenvalue weighted by Crippen LogP contribution is 2.27. The van der Waals surface area contributed by atoms with Crippen molar-refractivity contribution >= 4 is 21.6 Å². The molecule has 158 valence electrons. The number of amides is 1. The molecule has 0 fully saturated rings. The van der Waals surface area contributed by atoms with Gasteiger partial charge in [0.15, 0.2) is 0 Å². The van der Waals surface area contributed by atoms with Crippen LogP contribution in [0.2, 0.25) is 0 Å². The van der Waals surface area contributed by atoms with Crippen molar-refractivity contribution in [2.24, 2.45) is 0 Å². The lowest BCUT2D eigenvalue weighted by molar-refractivity contribution is -0.123. The fourth-order valence-corrected chi connectivity index (χ4v) is 3.86. The molecule has 0 aromatic heterocycles. The molecule has 2 N–H and O–H groups in total. The lowest BCUT2D eigenvalue weighted by Gasteiger charge is -2.24. The third-order valence-corrected chi connectivity index (χ3v) is 5.42. The molecule has 1 amide bonds. The highest BCUT2D eigenvalue weighted by Gasteiger charge is 2.30. The maximum atomic E-state index is 14.1. The molecule has 0 saturated carbocycles. The van der Waals surface area contributed by atoms with Gasteiger partial charge >= 0.3 is 6.18 Å². The maximum absolute atomic E-state index is 14.1. The van der Waals surface area contributed by atoms with Crippen molar-refractivity contribution in [1.82, 2.24) is 5.32 Å². The van der Waals surface area contributed by atoms with Crippen molar-refractivity contribution < 1.29 is 40.3 Å². The van der Waals surface area contributed by atoms with Crippen LogP contribution >= 0.6 is 0 Å². The fourth-order valence-electron chi connectivity index (χ4n) is 2.35. The lowest BCUT2D eigenvalue weighted by Crippen LogP contribution is -2.35. The van der Waals surface area contributed by atoms with Crippen LogP contribution in [0.15, 0.2) is 47.4 Å². The minimum Gasteiger partial charge on any atom is -0.394 e. The number of carbonyl (C=O) groups is 1. The zero-order valence-electron chi connectivity index (χ0n) is 14.6. The molecule has 0 radical (unpaired) electrons. The van der Waals surface area contributed by atoms with Crippen LogP contribution in [0.1, 0.15) is 10.4 Å². The van der Waals surface area contributed by atoms with Crippen LogP contribution in [0.3, 0.4) is 0 Å². The van der Waals surface area contributed by atoms with Crippen LogP contribution in [0.4, 0.5) is 27.6 Å². The average Bonchev–Trinajstić information content (AvgIpc) is 2.64. The Morgan fingerprint density at radius 1 is 1.10 bits per heavy atom. The van der Waals surface area contributed by atoms with Gasteiger partial charge in [0.2, 0.25) is 0 Å². The molecule has 2 rings (SSSR count). The van der Waals surface area contributed by atoms with Gasteiger partial charge in [-0.25, -0.2) is 17.2 Å². The smallest absolute Gasteiger partial charge is 0.394 e. The van der Waals surface area contributed by atoms with E-state index in [0.29, 0.717) is 10.4 Å². The Balaban J connectivity index is 2.41. The van der Waals surface area contributed by atoms with Gasteiger partial charge in [-0.15, -0.1) is 0 Å². The van der Waals surface area contributed by atoms with E-state index < -0.39 is 64.0 Å². The van der Waals surface area contributed by atoms with Gasteiger partial charge in [0.1, 0.15) is 18.2 Å². The van der Waals surface area contributed by atoms with Crippen molar-refractivity contribution in [3.63, 3.8) is 0 Å². The predicted octanol–water partition coefficient (Wildman–Crippen LogP) is 2.44. The Morgan fingerprint density at radius 3 is 2.38 bits per heavy atom. The number of sulfonamides is 1. The minimum atomic E-state index is -4.66. The molecule has 0 heterocycles. The molecule has 0 aliphatic rings. The Kier molecular flexibility index (Phi) is 6.80. The molecule has 29 heavy (non-hydrogen) atoms. The SMILES string of the molecule is O=C(NCC(F)(F)F)c1cccc(S(=O)(=O)N(CCO)c2ccc(F)cc2F)c1. The summed E-state index contributed by atoms with van der Waals surface area (Å²) in [5.74, 6) is -3.32. The number of alkyl halides is 3. The summed E-state index contributed by atoms with van der Waals surface area (Å²) in [6, 6.07) is 6.20. The number of rotatable bonds is 7. The van der Waals surface area contributed by atoms with Gasteiger partial charge in [-0.1, -0.05) is 6.07 Å². The minimum absolute atomic E-state index is 0.376. The van der Waals surface area contributed by atoms with Crippen LogP contribution in [0.25, 0.3) is 0 Å². The summed E-state index contributed by atoms with van der Waals surface area (Å²) in [5.41, 5.74) is -0.925. The number of anilines is 1. The number of halogens is 5. The summed E-state index contributed by atoms with van der Waals surface area (Å²) >= 11 is 0. The predicted molar refractivity (Wildman–Crippen MR) is 92.8 cm³/mol. The van der Waals surface area contributed by atoms with E-state index in [1.54, 1.807) is 5.32 Å². The van der Waals surface area contributed by atoms with Gasteiger partial charge in [0.25, 0.3) is 15.9 Å². The van der Waals surface area contributed by atoms with E-state index in [1.165, 1.54) is 0 Å². The van der Waals surface area contributed by atoms with E-state index in [1.807, 2.05) is 0 Å². The van der Waals surface area contributed by atoms with Crippen LogP contribution in [0, 0.1) is 11.6 Å². The molecule has 12 heteroatoms. The Labute approximate surface area is 162 Å². The van der Waals surface area contributed by atoms with Gasteiger partial charge in [-0.2, -0.15) is 13.2 Å². The molecular formula is C17H15F5N2O4S. The quantitative estimate of drug-likeness (QED) is 0.651. The molecule has 0 bridgehead atoms. The molecule has 0 unspecified atom stereocenters. The largest absolute Gasteiger partial charge is 0.405 e. The van der Waals surface area contributed by atoms with E-state index in [2.05, 4.69) is 0 Å². The number of nitrogens with zero attached hydrogens (tertiary/aromatic N) is 1. The Hall–Kier alpha value is -2.73. The average molecular weight is 438 g/mol. The van der Waals surface area contributed by atoms with Gasteiger partial charge in [-0.3, -0.25) is 9.10 Å². The summed E-state index contributed by atoms with van der Waals surface area (Å²) < 4.78 is 90.2. The molecule has 2 aromatic carbocycles. The number of benzene rings is 2. The highest BCUT2D eigenvalue weighted by molar-refractivity contribution is 7.92. The lowest BCUT2D eigenvalue weighted by atomic mass is 10.2. The first-order valence-corrected chi connectivity index (χ1v) is 9.43. The second-order valence-electron chi connectivity index (χ2n) is 5.72. The number of aliphatic hydroxyl groups excluding tert-OH is 1. The zero-order chi connectivity index (χ0) is 21.8. The highest BCUT2D eigenvalue weighted by atomic mass is 32.2. The zero-order valence-corrected chi connectivity index (χ0v) is 15.4. The summed E-state index contributed by atoms with van der Waals surface area (Å²) in [7, 11) is -4.54. The van der Waals surface area contributed by atoms with Crippen molar-refractivity contribution in [2.75, 3.05) is 24.0 Å². The van der Waals surface area contributed by atoms with E-state index >= 15 is 0 Å². The normalized spacial score (nSPS) is 11.9. The van der Waals surface area contributed by atoms with Crippen LogP contribution in [-0.4, -0.2) is 45.3 Å². The van der Waals surface area contributed by atoms with Crippen molar-refractivity contribution in [3.8, 4) is 0 Å². The standard InChI is InChI=1S/C17H15F5N2O4S/c18-12-4-5-15(14(19)9-12)24(6-7-25)29(27,28)13-3-1-2-11(8-13)16(26)23-10-17(20,21)22/h1-5,8-9,25H,6-7,10H2,(H,23,26). The summed E-state index contributed by atoms with van der Waals surface area (Å²) in [6.45, 7) is -2.91. The second-order valence-corrected chi connectivity index (χ2v) is 7.58. The number of hydrogen-bond acceptors (Lipinski definition) is 4. The Morgan fingerprint density at radius 2 is 1.79 bits per heavy atom.